The molecule has 4 nitrogen and oxygen atoms in total. The van der Waals surface area contributed by atoms with Gasteiger partial charge in [-0.15, -0.1) is 0 Å². The van der Waals surface area contributed by atoms with Crippen LogP contribution in [0.3, 0.4) is 0 Å². The molecule has 0 spiro atoms. The molecular weight excluding hydrogens is 336 g/mol. The maximum atomic E-state index is 10.6. The van der Waals surface area contributed by atoms with Gasteiger partial charge in [-0.3, -0.25) is 0 Å². The molecule has 114 valence electrons. The summed E-state index contributed by atoms with van der Waals surface area (Å²) in [5, 5.41) is 8.74. The van der Waals surface area contributed by atoms with Crippen LogP contribution in [0.1, 0.15) is 32.3 Å². The van der Waals surface area contributed by atoms with Crippen molar-refractivity contribution in [1.29, 1.82) is 0 Å². The molecule has 0 saturated carbocycles. The fraction of sp³-hybridized carbons (Fsp3) is 0.438. The summed E-state index contributed by atoms with van der Waals surface area (Å²) in [7, 11) is 0. The van der Waals surface area contributed by atoms with Crippen molar-refractivity contribution in [3.63, 3.8) is 0 Å². The van der Waals surface area contributed by atoms with Crippen molar-refractivity contribution in [2.24, 2.45) is 0 Å². The Morgan fingerprint density at radius 1 is 1.57 bits per heavy atom. The third-order valence-corrected chi connectivity index (χ3v) is 3.85. The SMILES string of the molecule is CC1(C)CCC(COc2ccc(Br)cc2/C=C/C(=O)O)O1. The largest absolute Gasteiger partial charge is 0.490 e. The van der Waals surface area contributed by atoms with E-state index in [2.05, 4.69) is 29.8 Å². The monoisotopic (exact) mass is 354 g/mol. The first-order valence-corrected chi connectivity index (χ1v) is 7.66. The average molecular weight is 355 g/mol. The Morgan fingerprint density at radius 3 is 2.95 bits per heavy atom. The molecule has 21 heavy (non-hydrogen) atoms. The molecule has 1 N–H and O–H groups in total. The van der Waals surface area contributed by atoms with Crippen LogP contribution in [-0.2, 0) is 9.53 Å². The summed E-state index contributed by atoms with van der Waals surface area (Å²) < 4.78 is 12.6. The smallest absolute Gasteiger partial charge is 0.328 e. The van der Waals surface area contributed by atoms with Gasteiger partial charge in [0.15, 0.2) is 0 Å². The summed E-state index contributed by atoms with van der Waals surface area (Å²) in [6.45, 7) is 4.63. The highest BCUT2D eigenvalue weighted by molar-refractivity contribution is 9.10. The zero-order chi connectivity index (χ0) is 15.5. The molecule has 1 fully saturated rings. The Morgan fingerprint density at radius 2 is 2.33 bits per heavy atom. The van der Waals surface area contributed by atoms with Gasteiger partial charge < -0.3 is 14.6 Å². The highest BCUT2D eigenvalue weighted by atomic mass is 79.9. The van der Waals surface area contributed by atoms with Crippen molar-refractivity contribution in [2.45, 2.75) is 38.4 Å². The summed E-state index contributed by atoms with van der Waals surface area (Å²) >= 11 is 3.37. The number of benzene rings is 1. The molecule has 1 heterocycles. The first-order chi connectivity index (χ1) is 9.85. The molecule has 1 saturated heterocycles. The van der Waals surface area contributed by atoms with Gasteiger partial charge in [0.1, 0.15) is 12.4 Å². The van der Waals surface area contributed by atoms with E-state index < -0.39 is 5.97 Å². The Kier molecular flexibility index (Phi) is 5.06. The van der Waals surface area contributed by atoms with E-state index >= 15 is 0 Å². The van der Waals surface area contributed by atoms with E-state index in [1.165, 1.54) is 6.08 Å². The van der Waals surface area contributed by atoms with E-state index in [9.17, 15) is 4.79 Å². The second-order valence-corrected chi connectivity index (χ2v) is 6.62. The highest BCUT2D eigenvalue weighted by Gasteiger charge is 2.31. The van der Waals surface area contributed by atoms with Crippen LogP contribution < -0.4 is 4.74 Å². The molecule has 5 heteroatoms. The third kappa shape index (κ3) is 4.86. The van der Waals surface area contributed by atoms with E-state index in [-0.39, 0.29) is 11.7 Å². The van der Waals surface area contributed by atoms with Crippen LogP contribution in [0.25, 0.3) is 6.08 Å². The minimum absolute atomic E-state index is 0.0833. The molecule has 0 radical (unpaired) electrons. The number of ether oxygens (including phenoxy) is 2. The molecule has 0 amide bonds. The van der Waals surface area contributed by atoms with E-state index in [1.807, 2.05) is 18.2 Å². The Bertz CT molecular complexity index is 551. The number of hydrogen-bond acceptors (Lipinski definition) is 3. The Balaban J connectivity index is 2.04. The fourth-order valence-electron chi connectivity index (χ4n) is 2.32. The molecule has 1 unspecified atom stereocenters. The number of carboxylic acid groups (broad SMARTS) is 1. The molecule has 0 bridgehead atoms. The number of rotatable bonds is 5. The van der Waals surface area contributed by atoms with Crippen molar-refractivity contribution in [1.82, 2.24) is 0 Å². The van der Waals surface area contributed by atoms with Gasteiger partial charge in [-0.1, -0.05) is 15.9 Å². The first-order valence-electron chi connectivity index (χ1n) is 6.87. The molecule has 1 aliphatic heterocycles. The maximum Gasteiger partial charge on any atom is 0.328 e. The van der Waals surface area contributed by atoms with Crippen LogP contribution >= 0.6 is 15.9 Å². The van der Waals surface area contributed by atoms with Gasteiger partial charge in [0.25, 0.3) is 0 Å². The highest BCUT2D eigenvalue weighted by Crippen LogP contribution is 2.30. The zero-order valence-electron chi connectivity index (χ0n) is 12.1. The maximum absolute atomic E-state index is 10.6. The zero-order valence-corrected chi connectivity index (χ0v) is 13.7. The lowest BCUT2D eigenvalue weighted by atomic mass is 10.1. The molecular formula is C16H19BrO4. The second-order valence-electron chi connectivity index (χ2n) is 5.70. The number of aliphatic carboxylic acids is 1. The number of carboxylic acids is 1. The standard InChI is InChI=1S/C16H19BrO4/c1-16(2)8-7-13(21-16)10-20-14-5-4-12(17)9-11(14)3-6-15(18)19/h3-6,9,13H,7-8,10H2,1-2H3,(H,18,19)/b6-3+. The Hall–Kier alpha value is -1.33. The summed E-state index contributed by atoms with van der Waals surface area (Å²) in [5.41, 5.74) is 0.642. The van der Waals surface area contributed by atoms with Crippen LogP contribution in [0.4, 0.5) is 0 Å². The van der Waals surface area contributed by atoms with E-state index in [0.29, 0.717) is 12.4 Å². The van der Waals surface area contributed by atoms with E-state index in [4.69, 9.17) is 14.6 Å². The fourth-order valence-corrected chi connectivity index (χ4v) is 2.70. The minimum Gasteiger partial charge on any atom is -0.490 e. The average Bonchev–Trinajstić information content (AvgIpc) is 2.75. The first kappa shape index (κ1) is 16.0. The van der Waals surface area contributed by atoms with Crippen molar-refractivity contribution < 1.29 is 19.4 Å². The van der Waals surface area contributed by atoms with Gasteiger partial charge in [-0.2, -0.15) is 0 Å². The summed E-state index contributed by atoms with van der Waals surface area (Å²) in [4.78, 5) is 10.6. The second kappa shape index (κ2) is 6.62. The quantitative estimate of drug-likeness (QED) is 0.815. The van der Waals surface area contributed by atoms with Crippen molar-refractivity contribution in [3.8, 4) is 5.75 Å². The van der Waals surface area contributed by atoms with Gasteiger partial charge in [0.05, 0.1) is 11.7 Å². The molecule has 1 aromatic rings. The van der Waals surface area contributed by atoms with Gasteiger partial charge in [-0.05, 0) is 51.0 Å². The van der Waals surface area contributed by atoms with Gasteiger partial charge >= 0.3 is 5.97 Å². The number of halogens is 1. The van der Waals surface area contributed by atoms with Gasteiger partial charge in [0, 0.05) is 16.1 Å². The summed E-state index contributed by atoms with van der Waals surface area (Å²) in [6, 6.07) is 5.52. The van der Waals surface area contributed by atoms with Crippen LogP contribution in [-0.4, -0.2) is 29.4 Å². The Labute approximate surface area is 132 Å². The van der Waals surface area contributed by atoms with Crippen molar-refractivity contribution in [2.75, 3.05) is 6.61 Å². The normalized spacial score (nSPS) is 20.8. The van der Waals surface area contributed by atoms with Gasteiger partial charge in [0.2, 0.25) is 0 Å². The molecule has 2 rings (SSSR count). The molecule has 1 atom stereocenters. The number of hydrogen-bond donors (Lipinski definition) is 1. The third-order valence-electron chi connectivity index (χ3n) is 3.36. The number of carbonyl (C=O) groups is 1. The van der Waals surface area contributed by atoms with Crippen LogP contribution in [0, 0.1) is 0 Å². The molecule has 0 aliphatic carbocycles. The summed E-state index contributed by atoms with van der Waals surface area (Å²) in [6.07, 6.45) is 4.71. The van der Waals surface area contributed by atoms with Crippen LogP contribution in [0.15, 0.2) is 28.7 Å². The minimum atomic E-state index is -0.984. The lowest BCUT2D eigenvalue weighted by Crippen LogP contribution is -2.24. The molecule has 0 aromatic heterocycles. The van der Waals surface area contributed by atoms with Crippen LogP contribution in [0.2, 0.25) is 0 Å². The summed E-state index contributed by atoms with van der Waals surface area (Å²) in [5.74, 6) is -0.328. The van der Waals surface area contributed by atoms with Crippen LogP contribution in [0.5, 0.6) is 5.75 Å². The van der Waals surface area contributed by atoms with Crippen molar-refractivity contribution >= 4 is 28.0 Å². The van der Waals surface area contributed by atoms with E-state index in [1.54, 1.807) is 0 Å². The molecule has 1 aromatic carbocycles. The topological polar surface area (TPSA) is 55.8 Å². The molecule has 1 aliphatic rings. The predicted octanol–water partition coefficient (Wildman–Crippen LogP) is 3.88. The predicted molar refractivity (Wildman–Crippen MR) is 84.5 cm³/mol. The van der Waals surface area contributed by atoms with Gasteiger partial charge in [-0.25, -0.2) is 4.79 Å². The van der Waals surface area contributed by atoms with E-state index in [0.717, 1.165) is 29.0 Å². The van der Waals surface area contributed by atoms with Crippen molar-refractivity contribution in [3.05, 3.63) is 34.3 Å². The lowest BCUT2D eigenvalue weighted by molar-refractivity contribution is -0.131. The lowest BCUT2D eigenvalue weighted by Gasteiger charge is -2.19.